The molecule has 152 valence electrons. The number of aryl methyl sites for hydroxylation is 2. The first kappa shape index (κ1) is 20.9. The van der Waals surface area contributed by atoms with Crippen LogP contribution in [0.15, 0.2) is 42.5 Å². The van der Waals surface area contributed by atoms with Gasteiger partial charge in [-0.25, -0.2) is 9.67 Å². The van der Waals surface area contributed by atoms with Crippen molar-refractivity contribution in [2.45, 2.75) is 46.8 Å². The van der Waals surface area contributed by atoms with Crippen molar-refractivity contribution in [1.82, 2.24) is 20.1 Å². The molecule has 2 aromatic heterocycles. The van der Waals surface area contributed by atoms with Gasteiger partial charge >= 0.3 is 0 Å². The Morgan fingerprint density at radius 2 is 1.79 bits per heavy atom. The van der Waals surface area contributed by atoms with E-state index in [9.17, 15) is 4.79 Å². The molecular weight excluding hydrogens is 388 g/mol. The Morgan fingerprint density at radius 1 is 1.10 bits per heavy atom. The monoisotopic (exact) mass is 412 g/mol. The Balaban J connectivity index is 1.78. The van der Waals surface area contributed by atoms with Crippen LogP contribution < -0.4 is 10.1 Å². The Labute approximate surface area is 175 Å². The van der Waals surface area contributed by atoms with Crippen molar-refractivity contribution in [3.8, 4) is 11.6 Å². The topological polar surface area (TPSA) is 69.0 Å². The third-order valence-electron chi connectivity index (χ3n) is 4.37. The Bertz CT molecular complexity index is 1010. The smallest absolute Gasteiger partial charge is 0.271 e. The quantitative estimate of drug-likeness (QED) is 0.630. The summed E-state index contributed by atoms with van der Waals surface area (Å²) < 4.78 is 7.35. The van der Waals surface area contributed by atoms with Gasteiger partial charge in [-0.1, -0.05) is 23.7 Å². The minimum Gasteiger partial charge on any atom is -0.491 e. The minimum atomic E-state index is -0.339. The van der Waals surface area contributed by atoms with Crippen molar-refractivity contribution in [2.24, 2.45) is 0 Å². The van der Waals surface area contributed by atoms with Crippen molar-refractivity contribution in [2.75, 3.05) is 0 Å². The second-order valence-electron chi connectivity index (χ2n) is 7.27. The number of nitrogens with zero attached hydrogens (tertiary/aromatic N) is 3. The zero-order chi connectivity index (χ0) is 21.1. The normalized spacial score (nSPS) is 12.1. The first-order valence-corrected chi connectivity index (χ1v) is 9.90. The summed E-state index contributed by atoms with van der Waals surface area (Å²) in [5, 5.41) is 7.66. The van der Waals surface area contributed by atoms with Crippen LogP contribution in [0.25, 0.3) is 5.82 Å². The number of rotatable bonds is 6. The van der Waals surface area contributed by atoms with E-state index in [1.165, 1.54) is 0 Å². The summed E-state index contributed by atoms with van der Waals surface area (Å²) in [6.45, 7) is 9.72. The summed E-state index contributed by atoms with van der Waals surface area (Å²) >= 11 is 6.25. The largest absolute Gasteiger partial charge is 0.491 e. The molecule has 1 amide bonds. The zero-order valence-corrected chi connectivity index (χ0v) is 18.0. The number of benzene rings is 1. The second kappa shape index (κ2) is 8.66. The summed E-state index contributed by atoms with van der Waals surface area (Å²) in [5.74, 6) is 1.01. The molecule has 1 unspecified atom stereocenters. The van der Waals surface area contributed by atoms with E-state index in [0.29, 0.717) is 10.8 Å². The van der Waals surface area contributed by atoms with Crippen molar-refractivity contribution in [1.29, 1.82) is 0 Å². The lowest BCUT2D eigenvalue weighted by Crippen LogP contribution is -2.28. The average molecular weight is 413 g/mol. The van der Waals surface area contributed by atoms with Crippen LogP contribution in [0, 0.1) is 13.8 Å². The van der Waals surface area contributed by atoms with Gasteiger partial charge in [0.25, 0.3) is 5.91 Å². The molecule has 0 aliphatic heterocycles. The fourth-order valence-corrected chi connectivity index (χ4v) is 3.22. The summed E-state index contributed by atoms with van der Waals surface area (Å²) in [4.78, 5) is 17.3. The molecule has 0 radical (unpaired) electrons. The maximum Gasteiger partial charge on any atom is 0.271 e. The van der Waals surface area contributed by atoms with Gasteiger partial charge in [0.05, 0.1) is 22.9 Å². The van der Waals surface area contributed by atoms with Crippen LogP contribution in [0.1, 0.15) is 54.3 Å². The molecule has 0 saturated heterocycles. The van der Waals surface area contributed by atoms with Gasteiger partial charge in [0.2, 0.25) is 0 Å². The van der Waals surface area contributed by atoms with Crippen LogP contribution in [0.2, 0.25) is 5.02 Å². The van der Waals surface area contributed by atoms with Crippen molar-refractivity contribution >= 4 is 17.5 Å². The van der Waals surface area contributed by atoms with Gasteiger partial charge in [0.15, 0.2) is 5.82 Å². The number of hydrogen-bond acceptors (Lipinski definition) is 4. The van der Waals surface area contributed by atoms with E-state index in [1.54, 1.807) is 16.8 Å². The van der Waals surface area contributed by atoms with Crippen molar-refractivity contribution in [3.63, 3.8) is 0 Å². The van der Waals surface area contributed by atoms with E-state index < -0.39 is 0 Å². The molecule has 0 aliphatic rings. The summed E-state index contributed by atoms with van der Waals surface area (Å²) in [6.07, 6.45) is 0.112. The van der Waals surface area contributed by atoms with Crippen LogP contribution >= 0.6 is 11.6 Å². The number of pyridine rings is 1. The highest BCUT2D eigenvalue weighted by atomic mass is 35.5. The van der Waals surface area contributed by atoms with Gasteiger partial charge in [0, 0.05) is 5.69 Å². The van der Waals surface area contributed by atoms with E-state index in [4.69, 9.17) is 16.3 Å². The Morgan fingerprint density at radius 3 is 2.38 bits per heavy atom. The molecule has 0 saturated carbocycles. The van der Waals surface area contributed by atoms with E-state index in [1.807, 2.05) is 65.0 Å². The van der Waals surface area contributed by atoms with Crippen LogP contribution in [0.3, 0.4) is 0 Å². The third-order valence-corrected chi connectivity index (χ3v) is 4.68. The maximum atomic E-state index is 12.8. The van der Waals surface area contributed by atoms with Gasteiger partial charge in [-0.05, 0) is 70.5 Å². The molecule has 1 aromatic carbocycles. The molecule has 3 rings (SSSR count). The van der Waals surface area contributed by atoms with Gasteiger partial charge < -0.3 is 10.1 Å². The van der Waals surface area contributed by atoms with E-state index in [0.717, 1.165) is 22.7 Å². The summed E-state index contributed by atoms with van der Waals surface area (Å²) in [6, 6.07) is 12.8. The highest BCUT2D eigenvalue weighted by Crippen LogP contribution is 2.21. The van der Waals surface area contributed by atoms with E-state index in [2.05, 4.69) is 15.4 Å². The lowest BCUT2D eigenvalue weighted by atomic mass is 10.1. The summed E-state index contributed by atoms with van der Waals surface area (Å²) in [7, 11) is 0. The number of carbonyl (C=O) groups excluding carboxylic acids is 1. The molecule has 3 aromatic rings. The SMILES string of the molecule is Cc1cc(C)n(-c2ccc(Cl)c(C(=O)NC(C)c3ccc(OC(C)C)cc3)n2)n1. The van der Waals surface area contributed by atoms with Crippen LogP contribution in [-0.4, -0.2) is 26.8 Å². The van der Waals surface area contributed by atoms with Crippen molar-refractivity contribution < 1.29 is 9.53 Å². The van der Waals surface area contributed by atoms with Gasteiger partial charge in [0.1, 0.15) is 11.4 Å². The lowest BCUT2D eigenvalue weighted by Gasteiger charge is -2.16. The zero-order valence-electron chi connectivity index (χ0n) is 17.2. The molecule has 1 atom stereocenters. The lowest BCUT2D eigenvalue weighted by molar-refractivity contribution is 0.0935. The number of halogens is 1. The molecule has 0 aliphatic carbocycles. The van der Waals surface area contributed by atoms with Gasteiger partial charge in [-0.2, -0.15) is 5.10 Å². The molecule has 1 N–H and O–H groups in total. The molecule has 7 heteroatoms. The third kappa shape index (κ3) is 4.95. The standard InChI is InChI=1S/C22H25ClN4O2/c1-13(2)29-18-8-6-17(7-9-18)16(5)24-22(28)21-19(23)10-11-20(25-21)27-15(4)12-14(3)26-27/h6-13,16H,1-5H3,(H,24,28). The Kier molecular flexibility index (Phi) is 6.23. The number of ether oxygens (including phenoxy) is 1. The number of carbonyl (C=O) groups is 1. The molecule has 6 nitrogen and oxygen atoms in total. The average Bonchev–Trinajstić information content (AvgIpc) is 3.00. The second-order valence-corrected chi connectivity index (χ2v) is 7.68. The molecule has 0 bridgehead atoms. The predicted molar refractivity (Wildman–Crippen MR) is 114 cm³/mol. The minimum absolute atomic E-state index is 0.112. The molecule has 2 heterocycles. The fourth-order valence-electron chi connectivity index (χ4n) is 3.03. The number of aromatic nitrogens is 3. The van der Waals surface area contributed by atoms with E-state index in [-0.39, 0.29) is 23.7 Å². The highest BCUT2D eigenvalue weighted by Gasteiger charge is 2.18. The number of hydrogen-bond donors (Lipinski definition) is 1. The first-order valence-electron chi connectivity index (χ1n) is 9.52. The molecule has 0 spiro atoms. The van der Waals surface area contributed by atoms with E-state index >= 15 is 0 Å². The van der Waals surface area contributed by atoms with Crippen LogP contribution in [0.4, 0.5) is 0 Å². The maximum absolute atomic E-state index is 12.8. The Hall–Kier alpha value is -2.86. The molecule has 0 fully saturated rings. The first-order chi connectivity index (χ1) is 13.7. The van der Waals surface area contributed by atoms with Gasteiger partial charge in [-0.3, -0.25) is 4.79 Å². The van der Waals surface area contributed by atoms with Crippen molar-refractivity contribution in [3.05, 3.63) is 70.1 Å². The summed E-state index contributed by atoms with van der Waals surface area (Å²) in [5.41, 5.74) is 2.94. The highest BCUT2D eigenvalue weighted by molar-refractivity contribution is 6.33. The predicted octanol–water partition coefficient (Wildman–Crippen LogP) is 4.82. The number of nitrogens with one attached hydrogen (secondary N) is 1. The van der Waals surface area contributed by atoms with Crippen LogP contribution in [0.5, 0.6) is 5.75 Å². The molecule has 29 heavy (non-hydrogen) atoms. The molecular formula is C22H25ClN4O2. The fraction of sp³-hybridized carbons (Fsp3) is 0.318. The van der Waals surface area contributed by atoms with Gasteiger partial charge in [-0.15, -0.1) is 0 Å². The number of amides is 1. The van der Waals surface area contributed by atoms with Crippen LogP contribution in [-0.2, 0) is 0 Å².